The molecule has 1 unspecified atom stereocenters. The smallest absolute Gasteiger partial charge is 0.259 e. The minimum absolute atomic E-state index is 0.0351. The molecule has 5 rings (SSSR count). The summed E-state index contributed by atoms with van der Waals surface area (Å²) in [6.07, 6.45) is 5.87. The molecule has 1 aliphatic heterocycles. The quantitative estimate of drug-likeness (QED) is 0.109. The Bertz CT molecular complexity index is 1960. The van der Waals surface area contributed by atoms with Crippen LogP contribution in [0.25, 0.3) is 22.6 Å². The molecule has 3 aromatic carbocycles. The third-order valence-electron chi connectivity index (χ3n) is 9.55. The third kappa shape index (κ3) is 10.1. The van der Waals surface area contributed by atoms with E-state index in [1.165, 1.54) is 36.5 Å². The molecule has 0 aromatic heterocycles. The molecule has 1 atom stereocenters. The van der Waals surface area contributed by atoms with Crippen LogP contribution in [0.3, 0.4) is 0 Å². The molecule has 6 nitrogen and oxygen atoms in total. The molecule has 1 amide bonds. The van der Waals surface area contributed by atoms with Gasteiger partial charge in [-0.15, -0.1) is 0 Å². The normalized spacial score (nSPS) is 12.6. The van der Waals surface area contributed by atoms with E-state index in [1.54, 1.807) is 17.8 Å². The van der Waals surface area contributed by atoms with Crippen molar-refractivity contribution in [2.45, 2.75) is 110 Å². The maximum absolute atomic E-state index is 13.5. The number of unbranched alkanes of at least 4 members (excludes halogenated alkanes) is 1. The molecule has 0 saturated heterocycles. The number of fused-ring (bicyclic) bond motifs is 2. The van der Waals surface area contributed by atoms with Gasteiger partial charge in [0.2, 0.25) is 0 Å². The maximum atomic E-state index is 13.5. The van der Waals surface area contributed by atoms with E-state index in [2.05, 4.69) is 115 Å². The first-order chi connectivity index (χ1) is 24.7. The van der Waals surface area contributed by atoms with Gasteiger partial charge in [0, 0.05) is 46.4 Å². The number of amides is 1. The molecule has 0 bridgehead atoms. The summed E-state index contributed by atoms with van der Waals surface area (Å²) in [7, 11) is 0. The first-order valence-electron chi connectivity index (χ1n) is 19.1. The highest BCUT2D eigenvalue weighted by molar-refractivity contribution is 7.99. The lowest BCUT2D eigenvalue weighted by atomic mass is 9.87. The number of hydrogen-bond acceptors (Lipinski definition) is 6. The third-order valence-corrected chi connectivity index (χ3v) is 10.6. The second-order valence-electron chi connectivity index (χ2n) is 16.2. The fraction of sp³-hybridized carbons (Fsp3) is 0.444. The minimum Gasteiger partial charge on any atom is -0.453 e. The van der Waals surface area contributed by atoms with Crippen LogP contribution in [0.5, 0.6) is 0 Å². The van der Waals surface area contributed by atoms with E-state index in [1.807, 2.05) is 18.2 Å². The Morgan fingerprint density at radius 1 is 0.904 bits per heavy atom. The van der Waals surface area contributed by atoms with E-state index in [0.29, 0.717) is 46.0 Å². The summed E-state index contributed by atoms with van der Waals surface area (Å²) in [5.74, 6) is 1.49. The van der Waals surface area contributed by atoms with Gasteiger partial charge in [0.15, 0.2) is 16.8 Å². The van der Waals surface area contributed by atoms with E-state index < -0.39 is 11.3 Å². The average Bonchev–Trinajstić information content (AvgIpc) is 3.08. The highest BCUT2D eigenvalue weighted by Crippen LogP contribution is 2.39. The molecule has 3 aromatic rings. The highest BCUT2D eigenvalue weighted by Gasteiger charge is 2.22. The Morgan fingerprint density at radius 2 is 1.58 bits per heavy atom. The van der Waals surface area contributed by atoms with E-state index in [-0.39, 0.29) is 11.0 Å². The van der Waals surface area contributed by atoms with Crippen molar-refractivity contribution in [1.82, 2.24) is 4.98 Å². The molecule has 1 heterocycles. The zero-order chi connectivity index (χ0) is 37.6. The van der Waals surface area contributed by atoms with Crippen molar-refractivity contribution in [2.75, 3.05) is 23.3 Å². The van der Waals surface area contributed by atoms with Crippen molar-refractivity contribution in [3.8, 4) is 11.5 Å². The monoisotopic (exact) mass is 719 g/mol. The number of hydrogen-bond donors (Lipinski definition) is 1. The molecular weight excluding hydrogens is 663 g/mol. The van der Waals surface area contributed by atoms with Gasteiger partial charge in [-0.2, -0.15) is 0 Å². The Labute approximate surface area is 315 Å². The van der Waals surface area contributed by atoms with Crippen LogP contribution >= 0.6 is 11.8 Å². The van der Waals surface area contributed by atoms with Crippen LogP contribution in [0.1, 0.15) is 109 Å². The van der Waals surface area contributed by atoms with Crippen LogP contribution < -0.4 is 15.6 Å². The summed E-state index contributed by atoms with van der Waals surface area (Å²) in [6.45, 7) is 21.9. The van der Waals surface area contributed by atoms with Crippen molar-refractivity contribution < 1.29 is 9.21 Å². The summed E-state index contributed by atoms with van der Waals surface area (Å²) in [5.41, 5.74) is 5.70. The number of aromatic nitrogens is 1. The number of rotatable bonds is 15. The van der Waals surface area contributed by atoms with Gasteiger partial charge in [-0.25, -0.2) is 4.98 Å². The molecule has 1 aliphatic carbocycles. The van der Waals surface area contributed by atoms with Gasteiger partial charge >= 0.3 is 0 Å². The number of nitrogens with zero attached hydrogens (tertiary/aromatic N) is 2. The topological polar surface area (TPSA) is 75.4 Å². The predicted molar refractivity (Wildman–Crippen MR) is 219 cm³/mol. The van der Waals surface area contributed by atoms with Gasteiger partial charge in [-0.05, 0) is 77.1 Å². The molecule has 52 heavy (non-hydrogen) atoms. The lowest BCUT2D eigenvalue weighted by Crippen LogP contribution is -2.31. The lowest BCUT2D eigenvalue weighted by molar-refractivity contribution is 0.102. The van der Waals surface area contributed by atoms with Crippen LogP contribution in [-0.2, 0) is 11.8 Å². The zero-order valence-electron chi connectivity index (χ0n) is 32.6. The second-order valence-corrected chi connectivity index (χ2v) is 17.3. The van der Waals surface area contributed by atoms with Crippen LogP contribution in [0, 0.1) is 17.8 Å². The molecule has 0 radical (unpaired) electrons. The Morgan fingerprint density at radius 3 is 2.17 bits per heavy atom. The Hall–Kier alpha value is -4.10. The van der Waals surface area contributed by atoms with Gasteiger partial charge in [-0.3, -0.25) is 9.59 Å². The average molecular weight is 720 g/mol. The number of nitrogens with one attached hydrogen (secondary N) is 1. The van der Waals surface area contributed by atoms with Crippen molar-refractivity contribution >= 4 is 40.1 Å². The SMILES string of the molecule is CCCCC(CC)Cc1ccc(NC(=O)c2cc3nc4c(Sc5ccc(C(C)(C)C)cc5)cc(N(CC(C)C)CC(C)C)cc4oc-3cc2=O)cc1. The van der Waals surface area contributed by atoms with Crippen LogP contribution in [0.15, 0.2) is 91.8 Å². The van der Waals surface area contributed by atoms with E-state index in [4.69, 9.17) is 9.40 Å². The van der Waals surface area contributed by atoms with Gasteiger partial charge in [0.25, 0.3) is 5.91 Å². The predicted octanol–water partition coefficient (Wildman–Crippen LogP) is 11.9. The molecule has 0 fully saturated rings. The van der Waals surface area contributed by atoms with Crippen LogP contribution in [-0.4, -0.2) is 24.0 Å². The summed E-state index contributed by atoms with van der Waals surface area (Å²) >= 11 is 1.65. The van der Waals surface area contributed by atoms with Crippen LogP contribution in [0.4, 0.5) is 11.4 Å². The molecule has 276 valence electrons. The molecule has 0 saturated carbocycles. The van der Waals surface area contributed by atoms with Gasteiger partial charge < -0.3 is 14.6 Å². The summed E-state index contributed by atoms with van der Waals surface area (Å²) in [4.78, 5) is 36.4. The Kier molecular flexibility index (Phi) is 12.9. The number of benzene rings is 4. The lowest BCUT2D eigenvalue weighted by Gasteiger charge is -2.29. The fourth-order valence-electron chi connectivity index (χ4n) is 6.67. The van der Waals surface area contributed by atoms with Crippen molar-refractivity contribution in [1.29, 1.82) is 0 Å². The fourth-order valence-corrected chi connectivity index (χ4v) is 7.62. The Balaban J connectivity index is 1.50. The summed E-state index contributed by atoms with van der Waals surface area (Å²) in [6, 6.07) is 23.9. The van der Waals surface area contributed by atoms with Gasteiger partial charge in [0.05, 0.1) is 5.56 Å². The first kappa shape index (κ1) is 39.1. The molecule has 7 heteroatoms. The largest absolute Gasteiger partial charge is 0.453 e. The standard InChI is InChI=1S/C45H57N3O3S/c1-10-12-13-31(11-2)22-32-14-18-34(19-15-32)46-44(50)37-25-38-40(26-39(37)49)51-41-23-35(48(27-29(3)4)28-30(5)6)24-42(43(41)47-38)52-36-20-16-33(17-21-36)45(7,8)9/h14-21,23-26,29-31H,10-13,22,27-28H2,1-9H3,(H,46,50). The minimum atomic E-state index is -0.460. The second kappa shape index (κ2) is 17.2. The first-order valence-corrected chi connectivity index (χ1v) is 19.9. The van der Waals surface area contributed by atoms with E-state index in [0.717, 1.165) is 41.4 Å². The maximum Gasteiger partial charge on any atom is 0.259 e. The summed E-state index contributed by atoms with van der Waals surface area (Å²) < 4.78 is 6.47. The molecule has 0 spiro atoms. The molecule has 2 aliphatic rings. The van der Waals surface area contributed by atoms with E-state index >= 15 is 0 Å². The number of carbonyl (C=O) groups excluding carboxylic acids is 1. The summed E-state index contributed by atoms with van der Waals surface area (Å²) in [5, 5.41) is 2.93. The van der Waals surface area contributed by atoms with Crippen molar-refractivity contribution in [3.63, 3.8) is 0 Å². The molecular formula is C45H57N3O3S. The number of anilines is 2. The van der Waals surface area contributed by atoms with Crippen molar-refractivity contribution in [3.05, 3.63) is 99.7 Å². The van der Waals surface area contributed by atoms with E-state index in [9.17, 15) is 9.59 Å². The zero-order valence-corrected chi connectivity index (χ0v) is 33.5. The van der Waals surface area contributed by atoms with Gasteiger partial charge in [0.1, 0.15) is 11.2 Å². The van der Waals surface area contributed by atoms with Crippen molar-refractivity contribution in [2.24, 2.45) is 17.8 Å². The van der Waals surface area contributed by atoms with Crippen LogP contribution in [0.2, 0.25) is 0 Å². The highest BCUT2D eigenvalue weighted by atomic mass is 32.2. The molecule has 1 N–H and O–H groups in total. The van der Waals surface area contributed by atoms with Gasteiger partial charge in [-0.1, -0.05) is 124 Å². The number of carbonyl (C=O) groups is 1.